The lowest BCUT2D eigenvalue weighted by molar-refractivity contribution is -0.141. The van der Waals surface area contributed by atoms with Gasteiger partial charge in [0.15, 0.2) is 5.69 Å². The van der Waals surface area contributed by atoms with Gasteiger partial charge < -0.3 is 0 Å². The van der Waals surface area contributed by atoms with Gasteiger partial charge in [-0.3, -0.25) is 0 Å². The number of nitrogens with two attached hydrogens (primary N) is 1. The number of primary sulfonamides is 1. The molecule has 0 saturated heterocycles. The fourth-order valence-corrected chi connectivity index (χ4v) is 3.03. The maximum atomic E-state index is 14.3. The van der Waals surface area contributed by atoms with Crippen molar-refractivity contribution in [3.05, 3.63) is 65.6 Å². The molecule has 0 aliphatic carbocycles. The molecule has 0 unspecified atom stereocenters. The molecule has 0 bridgehead atoms. The number of hydrogen-bond acceptors (Lipinski definition) is 3. The lowest BCUT2D eigenvalue weighted by Gasteiger charge is -2.09. The van der Waals surface area contributed by atoms with Crippen molar-refractivity contribution in [1.29, 1.82) is 0 Å². The third-order valence-corrected chi connectivity index (χ3v) is 4.74. The van der Waals surface area contributed by atoms with Crippen molar-refractivity contribution < 1.29 is 26.0 Å². The SMILES string of the molecule is Cc1ccc(-c2cc(C(F)(F)F)nn2-c2ccc(S(N)(=O)=O)cc2)c(F)c1. The summed E-state index contributed by atoms with van der Waals surface area (Å²) in [5.74, 6) is -0.703. The molecule has 0 saturated carbocycles. The molecule has 0 spiro atoms. The van der Waals surface area contributed by atoms with E-state index in [4.69, 9.17) is 5.14 Å². The van der Waals surface area contributed by atoms with Crippen molar-refractivity contribution >= 4 is 10.0 Å². The van der Waals surface area contributed by atoms with Crippen molar-refractivity contribution in [2.24, 2.45) is 5.14 Å². The van der Waals surface area contributed by atoms with Crippen LogP contribution in [0.2, 0.25) is 0 Å². The number of aromatic nitrogens is 2. The van der Waals surface area contributed by atoms with Gasteiger partial charge in [-0.25, -0.2) is 22.6 Å². The second-order valence-corrected chi connectivity index (χ2v) is 7.41. The van der Waals surface area contributed by atoms with Crippen LogP contribution < -0.4 is 5.14 Å². The summed E-state index contributed by atoms with van der Waals surface area (Å²) in [5, 5.41) is 8.54. The molecule has 2 N–H and O–H groups in total. The number of hydrogen-bond donors (Lipinski definition) is 1. The molecule has 0 fully saturated rings. The van der Waals surface area contributed by atoms with Gasteiger partial charge in [-0.15, -0.1) is 0 Å². The molecule has 1 aromatic heterocycles. The number of sulfonamides is 1. The average Bonchev–Trinajstić information content (AvgIpc) is 2.99. The Labute approximate surface area is 152 Å². The number of nitrogens with zero attached hydrogens (tertiary/aromatic N) is 2. The molecule has 10 heteroatoms. The Morgan fingerprint density at radius 2 is 1.67 bits per heavy atom. The van der Waals surface area contributed by atoms with Crippen LogP contribution in [0.15, 0.2) is 53.4 Å². The van der Waals surface area contributed by atoms with Crippen molar-refractivity contribution in [3.8, 4) is 16.9 Å². The Balaban J connectivity index is 2.21. The number of halogens is 4. The molecule has 1 heterocycles. The molecule has 0 aliphatic heterocycles. The predicted octanol–water partition coefficient (Wildman–Crippen LogP) is 3.65. The first kappa shape index (κ1) is 19.1. The summed E-state index contributed by atoms with van der Waals surface area (Å²) in [7, 11) is -3.96. The van der Waals surface area contributed by atoms with Crippen molar-refractivity contribution in [3.63, 3.8) is 0 Å². The van der Waals surface area contributed by atoms with Gasteiger partial charge in [0.1, 0.15) is 5.82 Å². The van der Waals surface area contributed by atoms with Crippen molar-refractivity contribution in [2.45, 2.75) is 18.0 Å². The summed E-state index contributed by atoms with van der Waals surface area (Å²) in [5.41, 5.74) is -0.668. The van der Waals surface area contributed by atoms with Crippen molar-refractivity contribution in [2.75, 3.05) is 0 Å². The van der Waals surface area contributed by atoms with Gasteiger partial charge in [0.05, 0.1) is 16.3 Å². The van der Waals surface area contributed by atoms with E-state index in [0.717, 1.165) is 22.9 Å². The molecular weight excluding hydrogens is 386 g/mol. The smallest absolute Gasteiger partial charge is 0.232 e. The molecule has 3 rings (SSSR count). The zero-order valence-electron chi connectivity index (χ0n) is 13.8. The standard InChI is InChI=1S/C17H13F4N3O2S/c1-10-2-7-13(14(18)8-10)15-9-16(17(19,20)21)23-24(15)11-3-5-12(6-4-11)27(22,25)26/h2-9H,1H3,(H2,22,25,26). The Hall–Kier alpha value is -2.72. The monoisotopic (exact) mass is 399 g/mol. The van der Waals surface area contributed by atoms with E-state index >= 15 is 0 Å². The summed E-state index contributed by atoms with van der Waals surface area (Å²) in [6, 6.07) is 9.60. The lowest BCUT2D eigenvalue weighted by atomic mass is 10.1. The second-order valence-electron chi connectivity index (χ2n) is 5.85. The summed E-state index contributed by atoms with van der Waals surface area (Å²) in [6.45, 7) is 1.65. The van der Waals surface area contributed by atoms with E-state index in [2.05, 4.69) is 5.10 Å². The van der Waals surface area contributed by atoms with E-state index in [1.807, 2.05) is 0 Å². The first-order valence-electron chi connectivity index (χ1n) is 7.54. The molecule has 3 aromatic rings. The number of alkyl halides is 3. The van der Waals surface area contributed by atoms with Crippen molar-refractivity contribution in [1.82, 2.24) is 9.78 Å². The zero-order valence-corrected chi connectivity index (χ0v) is 14.6. The highest BCUT2D eigenvalue weighted by Gasteiger charge is 2.35. The van der Waals surface area contributed by atoms with Crippen LogP contribution in [0.4, 0.5) is 17.6 Å². The topological polar surface area (TPSA) is 78.0 Å². The van der Waals surface area contributed by atoms with E-state index in [1.54, 1.807) is 13.0 Å². The molecule has 27 heavy (non-hydrogen) atoms. The fraction of sp³-hybridized carbons (Fsp3) is 0.118. The third-order valence-electron chi connectivity index (χ3n) is 3.81. The van der Waals surface area contributed by atoms with Crippen LogP contribution in [0.5, 0.6) is 0 Å². The highest BCUT2D eigenvalue weighted by atomic mass is 32.2. The lowest BCUT2D eigenvalue weighted by Crippen LogP contribution is -2.12. The minimum Gasteiger partial charge on any atom is -0.232 e. The predicted molar refractivity (Wildman–Crippen MR) is 90.1 cm³/mol. The molecule has 2 aromatic carbocycles. The Bertz CT molecular complexity index is 1100. The van der Waals surface area contributed by atoms with Gasteiger partial charge in [-0.1, -0.05) is 6.07 Å². The molecular formula is C17H13F4N3O2S. The highest BCUT2D eigenvalue weighted by Crippen LogP contribution is 2.34. The highest BCUT2D eigenvalue weighted by molar-refractivity contribution is 7.89. The normalized spacial score (nSPS) is 12.4. The maximum absolute atomic E-state index is 14.3. The van der Waals surface area contributed by atoms with Crippen LogP contribution in [0.3, 0.4) is 0 Å². The Morgan fingerprint density at radius 1 is 1.04 bits per heavy atom. The van der Waals surface area contributed by atoms with Crippen LogP contribution in [-0.2, 0) is 16.2 Å². The summed E-state index contributed by atoms with van der Waals surface area (Å²) < 4.78 is 77.3. The third kappa shape index (κ3) is 3.86. The fourth-order valence-electron chi connectivity index (χ4n) is 2.51. The number of aryl methyl sites for hydroxylation is 1. The minimum absolute atomic E-state index is 0.0703. The quantitative estimate of drug-likeness (QED) is 0.683. The van der Waals surface area contributed by atoms with Gasteiger partial charge in [0, 0.05) is 5.56 Å². The summed E-state index contributed by atoms with van der Waals surface area (Å²) in [4.78, 5) is -0.211. The Kier molecular flexibility index (Phi) is 4.56. The molecule has 0 aliphatic rings. The zero-order chi connectivity index (χ0) is 20.0. The van der Waals surface area contributed by atoms with Crippen LogP contribution in [0.1, 0.15) is 11.3 Å². The summed E-state index contributed by atoms with van der Waals surface area (Å²) >= 11 is 0. The Morgan fingerprint density at radius 3 is 2.19 bits per heavy atom. The van der Waals surface area contributed by atoms with Gasteiger partial charge in [-0.2, -0.15) is 18.3 Å². The van der Waals surface area contributed by atoms with Gasteiger partial charge in [0.2, 0.25) is 10.0 Å². The van der Waals surface area contributed by atoms with E-state index in [0.29, 0.717) is 5.56 Å². The van der Waals surface area contributed by atoms with Gasteiger partial charge >= 0.3 is 6.18 Å². The van der Waals surface area contributed by atoms with Crippen LogP contribution in [-0.4, -0.2) is 18.2 Å². The molecule has 5 nitrogen and oxygen atoms in total. The molecule has 0 radical (unpaired) electrons. The largest absolute Gasteiger partial charge is 0.435 e. The van der Waals surface area contributed by atoms with E-state index in [9.17, 15) is 26.0 Å². The van der Waals surface area contributed by atoms with E-state index < -0.39 is 27.7 Å². The molecule has 0 atom stereocenters. The van der Waals surface area contributed by atoms with Crippen LogP contribution in [0, 0.1) is 12.7 Å². The maximum Gasteiger partial charge on any atom is 0.435 e. The van der Waals surface area contributed by atoms with Crippen LogP contribution in [0.25, 0.3) is 16.9 Å². The average molecular weight is 399 g/mol. The molecule has 0 amide bonds. The van der Waals surface area contributed by atoms with E-state index in [-0.39, 0.29) is 21.8 Å². The second kappa shape index (κ2) is 6.46. The van der Waals surface area contributed by atoms with Gasteiger partial charge in [-0.05, 0) is 55.0 Å². The number of benzene rings is 2. The molecule has 142 valence electrons. The number of rotatable bonds is 3. The van der Waals surface area contributed by atoms with Gasteiger partial charge in [0.25, 0.3) is 0 Å². The van der Waals surface area contributed by atoms with E-state index in [1.165, 1.54) is 24.3 Å². The van der Waals surface area contributed by atoms with Crippen LogP contribution >= 0.6 is 0 Å². The first-order valence-corrected chi connectivity index (χ1v) is 9.08. The first-order chi connectivity index (χ1) is 12.5. The summed E-state index contributed by atoms with van der Waals surface area (Å²) in [6.07, 6.45) is -4.73. The minimum atomic E-state index is -4.73.